The van der Waals surface area contributed by atoms with Gasteiger partial charge in [0.15, 0.2) is 5.78 Å². The molecule has 0 saturated carbocycles. The van der Waals surface area contributed by atoms with Crippen LogP contribution in [0.5, 0.6) is 0 Å². The lowest BCUT2D eigenvalue weighted by atomic mass is 9.76. The number of benzene rings is 1. The molecular weight excluding hydrogens is 265 g/mol. The third-order valence-electron chi connectivity index (χ3n) is 4.24. The first-order chi connectivity index (χ1) is 9.96. The number of aromatic nitrogens is 1. The second-order valence-corrected chi connectivity index (χ2v) is 6.65. The van der Waals surface area contributed by atoms with Crippen LogP contribution in [-0.2, 0) is 19.4 Å². The standard InChI is InChI=1S/C18H20FNO/c1-18(2)11-16-14(17(21)12-18)8-10-20(16)9-7-13-5-3-4-6-15(13)19/h3-6,8,10H,7,9,11-12H2,1-2H3. The largest absolute Gasteiger partial charge is 0.350 e. The lowest BCUT2D eigenvalue weighted by Crippen LogP contribution is -2.28. The van der Waals surface area contributed by atoms with Crippen molar-refractivity contribution in [3.05, 3.63) is 59.2 Å². The number of ketones is 1. The molecule has 1 aliphatic carbocycles. The molecule has 21 heavy (non-hydrogen) atoms. The summed E-state index contributed by atoms with van der Waals surface area (Å²) < 4.78 is 15.8. The van der Waals surface area contributed by atoms with Crippen LogP contribution in [0.2, 0.25) is 0 Å². The minimum absolute atomic E-state index is 0.0121. The monoisotopic (exact) mass is 285 g/mol. The number of aryl methyl sites for hydroxylation is 2. The first kappa shape index (κ1) is 14.1. The minimum Gasteiger partial charge on any atom is -0.350 e. The average Bonchev–Trinajstić information content (AvgIpc) is 2.79. The summed E-state index contributed by atoms with van der Waals surface area (Å²) in [7, 11) is 0. The van der Waals surface area contributed by atoms with Crippen molar-refractivity contribution in [2.45, 2.75) is 39.7 Å². The van der Waals surface area contributed by atoms with E-state index in [4.69, 9.17) is 0 Å². The maximum atomic E-state index is 13.7. The highest BCUT2D eigenvalue weighted by Gasteiger charge is 2.32. The Morgan fingerprint density at radius 1 is 1.19 bits per heavy atom. The second kappa shape index (κ2) is 5.14. The van der Waals surface area contributed by atoms with Crippen molar-refractivity contribution in [3.8, 4) is 0 Å². The van der Waals surface area contributed by atoms with E-state index in [9.17, 15) is 9.18 Å². The SMILES string of the molecule is CC1(C)CC(=O)c2ccn(CCc3ccccc3F)c2C1. The fourth-order valence-corrected chi connectivity index (χ4v) is 3.15. The predicted molar refractivity (Wildman–Crippen MR) is 81.0 cm³/mol. The first-order valence-corrected chi connectivity index (χ1v) is 7.41. The summed E-state index contributed by atoms with van der Waals surface area (Å²) in [5.74, 6) is 0.0702. The molecule has 0 fully saturated rings. The summed E-state index contributed by atoms with van der Waals surface area (Å²) >= 11 is 0. The molecule has 3 rings (SSSR count). The molecule has 1 aliphatic rings. The molecular formula is C18H20FNO. The van der Waals surface area contributed by atoms with E-state index in [1.165, 1.54) is 6.07 Å². The fraction of sp³-hybridized carbons (Fsp3) is 0.389. The van der Waals surface area contributed by atoms with Crippen molar-refractivity contribution in [2.75, 3.05) is 0 Å². The van der Waals surface area contributed by atoms with Crippen molar-refractivity contribution < 1.29 is 9.18 Å². The summed E-state index contributed by atoms with van der Waals surface area (Å²) in [6, 6.07) is 8.79. The second-order valence-electron chi connectivity index (χ2n) is 6.65. The molecule has 1 heterocycles. The van der Waals surface area contributed by atoms with Crippen LogP contribution < -0.4 is 0 Å². The van der Waals surface area contributed by atoms with Crippen LogP contribution in [0.15, 0.2) is 36.5 Å². The van der Waals surface area contributed by atoms with Crippen LogP contribution >= 0.6 is 0 Å². The molecule has 110 valence electrons. The lowest BCUT2D eigenvalue weighted by Gasteiger charge is -2.29. The number of rotatable bonds is 3. The van der Waals surface area contributed by atoms with E-state index in [1.54, 1.807) is 6.07 Å². The normalized spacial score (nSPS) is 16.8. The van der Waals surface area contributed by atoms with Gasteiger partial charge in [0, 0.05) is 30.4 Å². The number of carbonyl (C=O) groups excluding carboxylic acids is 1. The molecule has 3 heteroatoms. The molecule has 0 spiro atoms. The highest BCUT2D eigenvalue weighted by atomic mass is 19.1. The Balaban J connectivity index is 1.82. The third kappa shape index (κ3) is 2.78. The van der Waals surface area contributed by atoms with Gasteiger partial charge in [-0.15, -0.1) is 0 Å². The summed E-state index contributed by atoms with van der Waals surface area (Å²) in [5.41, 5.74) is 2.69. The molecule has 0 radical (unpaired) electrons. The summed E-state index contributed by atoms with van der Waals surface area (Å²) in [5, 5.41) is 0. The number of fused-ring (bicyclic) bond motifs is 1. The highest BCUT2D eigenvalue weighted by molar-refractivity contribution is 5.98. The maximum Gasteiger partial charge on any atom is 0.165 e. The zero-order valence-corrected chi connectivity index (χ0v) is 12.5. The molecule has 2 aromatic rings. The quantitative estimate of drug-likeness (QED) is 0.834. The summed E-state index contributed by atoms with van der Waals surface area (Å²) in [4.78, 5) is 12.2. The van der Waals surface area contributed by atoms with Gasteiger partial charge in [0.1, 0.15) is 5.82 Å². The van der Waals surface area contributed by atoms with Gasteiger partial charge < -0.3 is 4.57 Å². The van der Waals surface area contributed by atoms with E-state index >= 15 is 0 Å². The number of nitrogens with zero attached hydrogens (tertiary/aromatic N) is 1. The Labute approximate surface area is 124 Å². The van der Waals surface area contributed by atoms with E-state index in [0.717, 1.165) is 23.2 Å². The van der Waals surface area contributed by atoms with E-state index in [0.29, 0.717) is 19.4 Å². The molecule has 2 nitrogen and oxygen atoms in total. The van der Waals surface area contributed by atoms with E-state index < -0.39 is 0 Å². The summed E-state index contributed by atoms with van der Waals surface area (Å²) in [6.07, 6.45) is 4.11. The number of hydrogen-bond acceptors (Lipinski definition) is 1. The molecule has 0 aliphatic heterocycles. The minimum atomic E-state index is -0.157. The van der Waals surface area contributed by atoms with Crippen molar-refractivity contribution in [1.82, 2.24) is 4.57 Å². The van der Waals surface area contributed by atoms with Gasteiger partial charge in [-0.1, -0.05) is 32.0 Å². The van der Waals surface area contributed by atoms with Crippen molar-refractivity contribution in [1.29, 1.82) is 0 Å². The molecule has 0 N–H and O–H groups in total. The van der Waals surface area contributed by atoms with Gasteiger partial charge >= 0.3 is 0 Å². The molecule has 1 aromatic carbocycles. The molecule has 0 atom stereocenters. The van der Waals surface area contributed by atoms with E-state index in [2.05, 4.69) is 18.4 Å². The smallest absolute Gasteiger partial charge is 0.165 e. The van der Waals surface area contributed by atoms with Gasteiger partial charge in [0.25, 0.3) is 0 Å². The Bertz CT molecular complexity index is 684. The van der Waals surface area contributed by atoms with Gasteiger partial charge in [-0.25, -0.2) is 4.39 Å². The first-order valence-electron chi connectivity index (χ1n) is 7.41. The van der Waals surface area contributed by atoms with Gasteiger partial charge in [-0.05, 0) is 36.0 Å². The van der Waals surface area contributed by atoms with Crippen LogP contribution in [0, 0.1) is 11.2 Å². The molecule has 0 amide bonds. The van der Waals surface area contributed by atoms with Crippen LogP contribution in [0.25, 0.3) is 0 Å². The topological polar surface area (TPSA) is 22.0 Å². The van der Waals surface area contributed by atoms with Crippen molar-refractivity contribution in [3.63, 3.8) is 0 Å². The lowest BCUT2D eigenvalue weighted by molar-refractivity contribution is 0.0910. The molecule has 0 saturated heterocycles. The van der Waals surface area contributed by atoms with Crippen LogP contribution in [-0.4, -0.2) is 10.4 Å². The zero-order valence-electron chi connectivity index (χ0n) is 12.5. The van der Waals surface area contributed by atoms with Crippen LogP contribution in [0.1, 0.15) is 41.9 Å². The van der Waals surface area contributed by atoms with E-state index in [1.807, 2.05) is 24.4 Å². The number of hydrogen-bond donors (Lipinski definition) is 0. The predicted octanol–water partition coefficient (Wildman–Crippen LogP) is 4.03. The number of carbonyl (C=O) groups is 1. The van der Waals surface area contributed by atoms with Gasteiger partial charge in [0.05, 0.1) is 0 Å². The average molecular weight is 285 g/mol. The van der Waals surface area contributed by atoms with Gasteiger partial charge in [0.2, 0.25) is 0 Å². The molecule has 0 unspecified atom stereocenters. The molecule has 1 aromatic heterocycles. The Hall–Kier alpha value is -1.90. The zero-order chi connectivity index (χ0) is 15.0. The van der Waals surface area contributed by atoms with E-state index in [-0.39, 0.29) is 17.0 Å². The maximum absolute atomic E-state index is 13.7. The molecule has 0 bridgehead atoms. The Morgan fingerprint density at radius 3 is 2.71 bits per heavy atom. The van der Waals surface area contributed by atoms with Gasteiger partial charge in [-0.3, -0.25) is 4.79 Å². The van der Waals surface area contributed by atoms with Gasteiger partial charge in [-0.2, -0.15) is 0 Å². The number of Topliss-reactive ketones (excluding diaryl/α,β-unsaturated/α-hetero) is 1. The van der Waals surface area contributed by atoms with Crippen molar-refractivity contribution >= 4 is 5.78 Å². The van der Waals surface area contributed by atoms with Crippen LogP contribution in [0.3, 0.4) is 0 Å². The van der Waals surface area contributed by atoms with Crippen molar-refractivity contribution in [2.24, 2.45) is 5.41 Å². The van der Waals surface area contributed by atoms with Crippen LogP contribution in [0.4, 0.5) is 4.39 Å². The summed E-state index contributed by atoms with van der Waals surface area (Å²) in [6.45, 7) is 4.96. The number of halogens is 1. The third-order valence-corrected chi connectivity index (χ3v) is 4.24. The fourth-order valence-electron chi connectivity index (χ4n) is 3.15. The highest BCUT2D eigenvalue weighted by Crippen LogP contribution is 2.35. The Kier molecular flexibility index (Phi) is 3.44. The Morgan fingerprint density at radius 2 is 1.95 bits per heavy atom.